The van der Waals surface area contributed by atoms with Gasteiger partial charge in [0, 0.05) is 26.6 Å². The lowest BCUT2D eigenvalue weighted by Crippen LogP contribution is -2.87. The Bertz CT molecular complexity index is 1410. The molecular weight excluding hydrogens is 560 g/mol. The molecule has 1 aliphatic heterocycles. The van der Waals surface area contributed by atoms with Crippen molar-refractivity contribution in [2.75, 3.05) is 33.2 Å². The van der Waals surface area contributed by atoms with Crippen LogP contribution in [0.2, 0.25) is 0 Å². The molecule has 2 aromatic carbocycles. The summed E-state index contributed by atoms with van der Waals surface area (Å²) in [4.78, 5) is 44.2. The molecule has 1 saturated heterocycles. The van der Waals surface area contributed by atoms with Crippen LogP contribution in [0.1, 0.15) is 11.1 Å². The number of piperazine rings is 1. The Morgan fingerprint density at radius 3 is 2.61 bits per heavy atom. The van der Waals surface area contributed by atoms with Crippen molar-refractivity contribution in [2.24, 2.45) is 10.8 Å². The Labute approximate surface area is 257 Å². The number of hydrogen-bond donors (Lipinski definition) is 6. The number of nitrogens with zero attached hydrogens (tertiary/aromatic N) is 3. The van der Waals surface area contributed by atoms with Crippen molar-refractivity contribution in [1.29, 1.82) is 0 Å². The van der Waals surface area contributed by atoms with Crippen molar-refractivity contribution in [3.05, 3.63) is 102 Å². The zero-order valence-corrected chi connectivity index (χ0v) is 24.9. The zero-order chi connectivity index (χ0) is 31.5. The van der Waals surface area contributed by atoms with Gasteiger partial charge in [-0.1, -0.05) is 61.2 Å². The highest BCUT2D eigenvalue weighted by molar-refractivity contribution is 6.02. The smallest absolute Gasteiger partial charge is 0.316 e. The minimum absolute atomic E-state index is 0.0742. The van der Waals surface area contributed by atoms with Crippen molar-refractivity contribution in [3.8, 4) is 5.75 Å². The van der Waals surface area contributed by atoms with E-state index in [-0.39, 0.29) is 49.7 Å². The Kier molecular flexibility index (Phi) is 11.3. The lowest BCUT2D eigenvalue weighted by Gasteiger charge is -2.46. The SMILES string of the molecule is C=CC[NH2+]CC(=O)N1C(NC(=O)NCc2ccccc2)CN(CC2=C/C(=N/NC)C(N)C=C2)C(=O)C1Cc1ccc(O)cc1. The van der Waals surface area contributed by atoms with Gasteiger partial charge in [0.15, 0.2) is 6.54 Å². The van der Waals surface area contributed by atoms with Crippen molar-refractivity contribution in [2.45, 2.75) is 31.2 Å². The van der Waals surface area contributed by atoms with Gasteiger partial charge in [-0.2, -0.15) is 5.10 Å². The normalized spacial score (nSPS) is 20.7. The molecule has 0 saturated carbocycles. The van der Waals surface area contributed by atoms with Crippen LogP contribution in [0.25, 0.3) is 0 Å². The Morgan fingerprint density at radius 1 is 1.16 bits per heavy atom. The molecule has 0 bridgehead atoms. The van der Waals surface area contributed by atoms with Crippen molar-refractivity contribution < 1.29 is 24.8 Å². The van der Waals surface area contributed by atoms with E-state index in [0.717, 1.165) is 16.7 Å². The maximum Gasteiger partial charge on any atom is 0.316 e. The van der Waals surface area contributed by atoms with Gasteiger partial charge in [-0.25, -0.2) is 4.79 Å². The molecule has 2 aromatic rings. The Morgan fingerprint density at radius 2 is 1.91 bits per heavy atom. The molecule has 0 radical (unpaired) electrons. The molecule has 1 heterocycles. The van der Waals surface area contributed by atoms with Crippen LogP contribution in [0.3, 0.4) is 0 Å². The molecular formula is C32H41N8O4+. The third-order valence-corrected chi connectivity index (χ3v) is 7.37. The summed E-state index contributed by atoms with van der Waals surface area (Å²) in [5.74, 6) is -0.447. The van der Waals surface area contributed by atoms with Crippen LogP contribution < -0.4 is 27.1 Å². The molecule has 1 aliphatic carbocycles. The summed E-state index contributed by atoms with van der Waals surface area (Å²) in [6.45, 7) is 4.91. The number of phenols is 1. The fourth-order valence-electron chi connectivity index (χ4n) is 5.21. The van der Waals surface area contributed by atoms with Crippen molar-refractivity contribution in [3.63, 3.8) is 0 Å². The number of urea groups is 1. The second kappa shape index (κ2) is 15.5. The molecule has 8 N–H and O–H groups in total. The summed E-state index contributed by atoms with van der Waals surface area (Å²) < 4.78 is 0. The zero-order valence-electron chi connectivity index (χ0n) is 24.9. The summed E-state index contributed by atoms with van der Waals surface area (Å²) in [7, 11) is 1.69. The maximum atomic E-state index is 14.1. The van der Waals surface area contributed by atoms with Crippen molar-refractivity contribution in [1.82, 2.24) is 25.9 Å². The lowest BCUT2D eigenvalue weighted by atomic mass is 9.97. The van der Waals surface area contributed by atoms with E-state index < -0.39 is 18.2 Å². The predicted octanol–water partition coefficient (Wildman–Crippen LogP) is -0.0521. The highest BCUT2D eigenvalue weighted by Crippen LogP contribution is 2.23. The van der Waals surface area contributed by atoms with E-state index in [9.17, 15) is 19.5 Å². The van der Waals surface area contributed by atoms with Crippen LogP contribution in [0, 0.1) is 0 Å². The molecule has 44 heavy (non-hydrogen) atoms. The monoisotopic (exact) mass is 601 g/mol. The van der Waals surface area contributed by atoms with Gasteiger partial charge in [-0.15, -0.1) is 0 Å². The van der Waals surface area contributed by atoms with Crippen LogP contribution in [0.15, 0.2) is 96.2 Å². The number of carbonyl (C=O) groups is 3. The first kappa shape index (κ1) is 32.0. The molecule has 1 fully saturated rings. The molecule has 2 aliphatic rings. The molecule has 3 atom stereocenters. The number of quaternary nitrogens is 1. The average Bonchev–Trinajstić information content (AvgIpc) is 3.02. The number of nitrogens with one attached hydrogen (secondary N) is 3. The van der Waals surface area contributed by atoms with Crippen LogP contribution in [0.4, 0.5) is 4.79 Å². The van der Waals surface area contributed by atoms with Crippen LogP contribution in [0.5, 0.6) is 5.75 Å². The first-order valence-corrected chi connectivity index (χ1v) is 14.6. The molecule has 0 spiro atoms. The summed E-state index contributed by atoms with van der Waals surface area (Å²) in [5, 5.41) is 21.7. The number of amides is 4. The number of benzene rings is 2. The molecule has 4 rings (SSSR count). The number of nitrogens with two attached hydrogens (primary N) is 2. The number of aromatic hydroxyl groups is 1. The fraction of sp³-hybridized carbons (Fsp3) is 0.312. The minimum Gasteiger partial charge on any atom is -0.508 e. The van der Waals surface area contributed by atoms with Gasteiger partial charge >= 0.3 is 6.03 Å². The van der Waals surface area contributed by atoms with Crippen molar-refractivity contribution >= 4 is 23.6 Å². The number of hydrogen-bond acceptors (Lipinski definition) is 7. The fourth-order valence-corrected chi connectivity index (χ4v) is 5.21. The second-order valence-corrected chi connectivity index (χ2v) is 10.6. The summed E-state index contributed by atoms with van der Waals surface area (Å²) in [5.41, 5.74) is 12.0. The standard InChI is InChI=1S/C32H40N8O4/c1-3-15-35-19-30(42)40-28(17-22-9-12-25(41)13-10-22)31(43)39(20-24-11-14-26(33)27(16-24)38-34-2)21-29(40)37-32(44)36-18-23-7-5-4-6-8-23/h3-14,16,26,28-29,34-35,41H,1,15,17-21,33H2,2H3,(H2,36,37,44)/p+1/b38-27-. The van der Waals surface area contributed by atoms with Gasteiger partial charge in [-0.05, 0) is 41.0 Å². The first-order chi connectivity index (χ1) is 21.3. The average molecular weight is 602 g/mol. The van der Waals surface area contributed by atoms with Gasteiger partial charge < -0.3 is 42.0 Å². The number of carbonyl (C=O) groups excluding carboxylic acids is 3. The third kappa shape index (κ3) is 8.55. The number of phenolic OH excluding ortho intramolecular Hbond substituents is 1. The largest absolute Gasteiger partial charge is 0.508 e. The molecule has 3 unspecified atom stereocenters. The minimum atomic E-state index is -0.904. The van der Waals surface area contributed by atoms with E-state index >= 15 is 0 Å². The van der Waals surface area contributed by atoms with Crippen LogP contribution in [-0.4, -0.2) is 89.9 Å². The maximum absolute atomic E-state index is 14.1. The van der Waals surface area contributed by atoms with Gasteiger partial charge in [0.25, 0.3) is 5.91 Å². The highest BCUT2D eigenvalue weighted by atomic mass is 16.3. The van der Waals surface area contributed by atoms with E-state index in [0.29, 0.717) is 18.8 Å². The van der Waals surface area contributed by atoms with E-state index in [1.807, 2.05) is 48.6 Å². The second-order valence-electron chi connectivity index (χ2n) is 10.6. The molecule has 232 valence electrons. The van der Waals surface area contributed by atoms with Gasteiger partial charge in [0.05, 0.1) is 24.8 Å². The quantitative estimate of drug-likeness (QED) is 0.113. The van der Waals surface area contributed by atoms with Gasteiger partial charge in [0.2, 0.25) is 5.91 Å². The Hall–Kier alpha value is -4.94. The summed E-state index contributed by atoms with van der Waals surface area (Å²) in [6, 6.07) is 14.3. The van der Waals surface area contributed by atoms with Crippen LogP contribution >= 0.6 is 0 Å². The lowest BCUT2D eigenvalue weighted by molar-refractivity contribution is -0.635. The molecule has 12 nitrogen and oxygen atoms in total. The summed E-state index contributed by atoms with van der Waals surface area (Å²) >= 11 is 0. The number of hydrazone groups is 1. The molecule has 4 amide bonds. The van der Waals surface area contributed by atoms with E-state index in [1.54, 1.807) is 47.6 Å². The van der Waals surface area contributed by atoms with E-state index in [2.05, 4.69) is 27.7 Å². The highest BCUT2D eigenvalue weighted by Gasteiger charge is 2.44. The van der Waals surface area contributed by atoms with E-state index in [1.165, 1.54) is 4.90 Å². The Balaban J connectivity index is 1.64. The number of rotatable bonds is 12. The third-order valence-electron chi connectivity index (χ3n) is 7.37. The van der Waals surface area contributed by atoms with Gasteiger partial charge in [-0.3, -0.25) is 9.59 Å². The summed E-state index contributed by atoms with van der Waals surface area (Å²) in [6.07, 6.45) is 6.58. The van der Waals surface area contributed by atoms with Gasteiger partial charge in [0.1, 0.15) is 18.0 Å². The van der Waals surface area contributed by atoms with E-state index in [4.69, 9.17) is 5.73 Å². The van der Waals surface area contributed by atoms with Crippen LogP contribution in [-0.2, 0) is 22.6 Å². The molecule has 12 heteroatoms. The first-order valence-electron chi connectivity index (χ1n) is 14.6. The molecule has 0 aromatic heterocycles. The topological polar surface area (TPSA) is 169 Å². The predicted molar refractivity (Wildman–Crippen MR) is 168 cm³/mol.